The molecular weight excluding hydrogens is 438 g/mol. The summed E-state index contributed by atoms with van der Waals surface area (Å²) in [5.74, 6) is 2.69. The number of nitrogens with one attached hydrogen (secondary N) is 1. The van der Waals surface area contributed by atoms with Gasteiger partial charge in [0.15, 0.2) is 11.5 Å². The second-order valence-corrected chi connectivity index (χ2v) is 9.96. The van der Waals surface area contributed by atoms with Crippen LogP contribution in [0.3, 0.4) is 0 Å². The molecule has 1 fully saturated rings. The van der Waals surface area contributed by atoms with Crippen LogP contribution in [-0.4, -0.2) is 51.2 Å². The number of imidazole rings is 1. The number of anilines is 3. The van der Waals surface area contributed by atoms with Gasteiger partial charge < -0.3 is 21.7 Å². The minimum atomic E-state index is 0.161. The first kappa shape index (κ1) is 25.2. The molecule has 0 amide bonds. The van der Waals surface area contributed by atoms with Gasteiger partial charge in [-0.2, -0.15) is 4.98 Å². The van der Waals surface area contributed by atoms with E-state index >= 15 is 0 Å². The average Bonchev–Trinajstić information content (AvgIpc) is 3.18. The Hall–Kier alpha value is -2.94. The van der Waals surface area contributed by atoms with Gasteiger partial charge in [-0.1, -0.05) is 32.8 Å². The van der Waals surface area contributed by atoms with E-state index in [9.17, 15) is 0 Å². The van der Waals surface area contributed by atoms with E-state index in [2.05, 4.69) is 47.1 Å². The van der Waals surface area contributed by atoms with E-state index in [1.165, 1.54) is 18.4 Å². The van der Waals surface area contributed by atoms with Crippen molar-refractivity contribution in [3.63, 3.8) is 0 Å². The van der Waals surface area contributed by atoms with Gasteiger partial charge in [-0.3, -0.25) is 0 Å². The van der Waals surface area contributed by atoms with Crippen LogP contribution in [0, 0.1) is 12.8 Å². The molecule has 9 heteroatoms. The predicted molar refractivity (Wildman–Crippen MR) is 143 cm³/mol. The van der Waals surface area contributed by atoms with E-state index in [0.29, 0.717) is 23.8 Å². The number of nitrogens with zero attached hydrogens (tertiary/aromatic N) is 6. The molecule has 0 atom stereocenters. The molecule has 3 aromatic heterocycles. The number of nitrogens with two attached hydrogens (primary N) is 2. The minimum absolute atomic E-state index is 0.161. The molecule has 0 bridgehead atoms. The molecule has 190 valence electrons. The lowest BCUT2D eigenvalue weighted by Crippen LogP contribution is -2.37. The molecule has 0 radical (unpaired) electrons. The van der Waals surface area contributed by atoms with Gasteiger partial charge in [0, 0.05) is 31.6 Å². The fraction of sp³-hybridized carbons (Fsp3) is 0.615. The van der Waals surface area contributed by atoms with E-state index < -0.39 is 0 Å². The van der Waals surface area contributed by atoms with Crippen molar-refractivity contribution in [1.82, 2.24) is 29.9 Å². The first-order chi connectivity index (χ1) is 16.9. The molecule has 4 rings (SSSR count). The topological polar surface area (TPSA) is 123 Å². The predicted octanol–water partition coefficient (Wildman–Crippen LogP) is 3.70. The van der Waals surface area contributed by atoms with E-state index in [1.807, 2.05) is 13.2 Å². The van der Waals surface area contributed by atoms with Gasteiger partial charge in [0.1, 0.15) is 5.82 Å². The summed E-state index contributed by atoms with van der Waals surface area (Å²) in [6.07, 6.45) is 9.44. The van der Waals surface area contributed by atoms with Crippen LogP contribution in [0.1, 0.15) is 80.8 Å². The fourth-order valence-electron chi connectivity index (χ4n) is 5.53. The molecule has 0 aliphatic carbocycles. The first-order valence-corrected chi connectivity index (χ1v) is 13.1. The third-order valence-electron chi connectivity index (χ3n) is 7.19. The first-order valence-electron chi connectivity index (χ1n) is 13.1. The second kappa shape index (κ2) is 11.2. The maximum absolute atomic E-state index is 6.20. The van der Waals surface area contributed by atoms with Gasteiger partial charge in [-0.05, 0) is 63.2 Å². The number of aromatic nitrogens is 5. The Labute approximate surface area is 208 Å². The SMILES string of the molecule is CCCC(CCC)c1nc2c(N)nc(N)nn2c1Cc1cnc(N2CCC(CNC)CC2)c(C)c1. The number of nitrogen functional groups attached to an aromatic ring is 2. The molecule has 0 saturated carbocycles. The number of hydrogen-bond donors (Lipinski definition) is 3. The van der Waals surface area contributed by atoms with Crippen molar-refractivity contribution in [3.05, 3.63) is 34.8 Å². The molecule has 0 spiro atoms. The number of pyridine rings is 1. The summed E-state index contributed by atoms with van der Waals surface area (Å²) in [7, 11) is 2.04. The van der Waals surface area contributed by atoms with E-state index in [1.54, 1.807) is 4.52 Å². The van der Waals surface area contributed by atoms with Gasteiger partial charge in [0.25, 0.3) is 0 Å². The maximum atomic E-state index is 6.20. The molecule has 1 saturated heterocycles. The summed E-state index contributed by atoms with van der Waals surface area (Å²) < 4.78 is 1.81. The zero-order chi connectivity index (χ0) is 24.9. The van der Waals surface area contributed by atoms with Crippen LogP contribution in [0.25, 0.3) is 5.65 Å². The highest BCUT2D eigenvalue weighted by Gasteiger charge is 2.24. The molecule has 4 heterocycles. The van der Waals surface area contributed by atoms with Gasteiger partial charge in [-0.15, -0.1) is 5.10 Å². The maximum Gasteiger partial charge on any atom is 0.240 e. The Bertz CT molecular complexity index is 1130. The normalized spacial score (nSPS) is 14.9. The Morgan fingerprint density at radius 1 is 1.11 bits per heavy atom. The van der Waals surface area contributed by atoms with Gasteiger partial charge in [0.05, 0.1) is 11.4 Å². The van der Waals surface area contributed by atoms with Crippen molar-refractivity contribution in [2.75, 3.05) is 43.0 Å². The molecule has 9 nitrogen and oxygen atoms in total. The van der Waals surface area contributed by atoms with Crippen LogP contribution >= 0.6 is 0 Å². The number of hydrogen-bond acceptors (Lipinski definition) is 8. The summed E-state index contributed by atoms with van der Waals surface area (Å²) in [6, 6.07) is 2.26. The molecule has 5 N–H and O–H groups in total. The zero-order valence-corrected chi connectivity index (χ0v) is 21.7. The van der Waals surface area contributed by atoms with Crippen molar-refractivity contribution in [2.24, 2.45) is 5.92 Å². The highest BCUT2D eigenvalue weighted by Crippen LogP contribution is 2.32. The van der Waals surface area contributed by atoms with E-state index in [0.717, 1.165) is 74.0 Å². The molecule has 3 aromatic rings. The summed E-state index contributed by atoms with van der Waals surface area (Å²) in [6.45, 7) is 9.81. The molecule has 1 aliphatic rings. The van der Waals surface area contributed by atoms with Crippen LogP contribution < -0.4 is 21.7 Å². The lowest BCUT2D eigenvalue weighted by molar-refractivity contribution is 0.392. The smallest absolute Gasteiger partial charge is 0.240 e. The van der Waals surface area contributed by atoms with Crippen LogP contribution in [0.5, 0.6) is 0 Å². The summed E-state index contributed by atoms with van der Waals surface area (Å²) in [5.41, 5.74) is 17.2. The molecule has 0 aromatic carbocycles. The highest BCUT2D eigenvalue weighted by molar-refractivity contribution is 5.62. The van der Waals surface area contributed by atoms with Gasteiger partial charge >= 0.3 is 0 Å². The molecule has 1 aliphatic heterocycles. The number of piperidine rings is 1. The Morgan fingerprint density at radius 3 is 2.46 bits per heavy atom. The minimum Gasteiger partial charge on any atom is -0.380 e. The zero-order valence-electron chi connectivity index (χ0n) is 21.7. The van der Waals surface area contributed by atoms with Crippen molar-refractivity contribution >= 4 is 23.2 Å². The van der Waals surface area contributed by atoms with Crippen LogP contribution in [0.15, 0.2) is 12.3 Å². The quantitative estimate of drug-likeness (QED) is 0.402. The summed E-state index contributed by atoms with van der Waals surface area (Å²) in [4.78, 5) is 16.4. The third-order valence-corrected chi connectivity index (χ3v) is 7.19. The number of rotatable bonds is 10. The molecule has 35 heavy (non-hydrogen) atoms. The van der Waals surface area contributed by atoms with Crippen molar-refractivity contribution in [3.8, 4) is 0 Å². The molecular formula is C26H41N9. The fourth-order valence-corrected chi connectivity index (χ4v) is 5.53. The average molecular weight is 480 g/mol. The lowest BCUT2D eigenvalue weighted by Gasteiger charge is -2.33. The highest BCUT2D eigenvalue weighted by atomic mass is 15.3. The summed E-state index contributed by atoms with van der Waals surface area (Å²) in [5, 5.41) is 7.81. The second-order valence-electron chi connectivity index (χ2n) is 9.96. The Kier molecular flexibility index (Phi) is 8.05. The Balaban J connectivity index is 1.64. The third kappa shape index (κ3) is 5.50. The monoisotopic (exact) mass is 479 g/mol. The Morgan fingerprint density at radius 2 is 1.83 bits per heavy atom. The standard InChI is InChI=1S/C26H41N9/c1-5-7-20(8-6-2)22-21(35-25(31-22)23(27)32-26(28)33-35)14-19-13-17(3)24(30-16-19)34-11-9-18(10-12-34)15-29-4/h13,16,18,20,29H,5-12,14-15H2,1-4H3,(H4,27,28,32,33). The van der Waals surface area contributed by atoms with Crippen LogP contribution in [0.2, 0.25) is 0 Å². The van der Waals surface area contributed by atoms with E-state index in [-0.39, 0.29) is 5.95 Å². The number of aryl methyl sites for hydroxylation is 1. The van der Waals surface area contributed by atoms with Gasteiger partial charge in [-0.25, -0.2) is 14.5 Å². The van der Waals surface area contributed by atoms with Crippen LogP contribution in [-0.2, 0) is 6.42 Å². The lowest BCUT2D eigenvalue weighted by atomic mass is 9.92. The summed E-state index contributed by atoms with van der Waals surface area (Å²) >= 11 is 0. The van der Waals surface area contributed by atoms with Crippen LogP contribution in [0.4, 0.5) is 17.6 Å². The van der Waals surface area contributed by atoms with E-state index in [4.69, 9.17) is 21.4 Å². The largest absolute Gasteiger partial charge is 0.380 e. The molecule has 0 unspecified atom stereocenters. The van der Waals surface area contributed by atoms with Crippen molar-refractivity contribution < 1.29 is 0 Å². The number of fused-ring (bicyclic) bond motifs is 1. The van der Waals surface area contributed by atoms with Gasteiger partial charge in [0.2, 0.25) is 5.95 Å². The van der Waals surface area contributed by atoms with Crippen molar-refractivity contribution in [2.45, 2.75) is 71.6 Å². The van der Waals surface area contributed by atoms with Crippen molar-refractivity contribution in [1.29, 1.82) is 0 Å².